The smallest absolute Gasteiger partial charge is 0.163 e. The summed E-state index contributed by atoms with van der Waals surface area (Å²) in [7, 11) is 0. The van der Waals surface area contributed by atoms with E-state index < -0.39 is 5.97 Å². The van der Waals surface area contributed by atoms with Gasteiger partial charge in [-0.2, -0.15) is 5.10 Å². The Morgan fingerprint density at radius 2 is 2.00 bits per heavy atom. The van der Waals surface area contributed by atoms with Gasteiger partial charge in [0.05, 0.1) is 23.8 Å². The summed E-state index contributed by atoms with van der Waals surface area (Å²) in [6.45, 7) is 4.45. The molecule has 0 saturated heterocycles. The van der Waals surface area contributed by atoms with E-state index in [1.54, 1.807) is 13.8 Å². The molecule has 1 rings (SSSR count). The van der Waals surface area contributed by atoms with Gasteiger partial charge in [0.2, 0.25) is 0 Å². The predicted molar refractivity (Wildman–Crippen MR) is 46.7 cm³/mol. The van der Waals surface area contributed by atoms with Gasteiger partial charge in [-0.05, 0) is 20.8 Å². The van der Waals surface area contributed by atoms with Crippen LogP contribution in [0.1, 0.15) is 28.7 Å². The molecule has 5 heteroatoms. The average Bonchev–Trinajstić information content (AvgIpc) is 2.25. The molecule has 14 heavy (non-hydrogen) atoms. The lowest BCUT2D eigenvalue weighted by atomic mass is 10.1. The third-order valence-electron chi connectivity index (χ3n) is 2.01. The fourth-order valence-electron chi connectivity index (χ4n) is 1.48. The van der Waals surface area contributed by atoms with Crippen LogP contribution in [-0.4, -0.2) is 21.5 Å². The molecule has 0 saturated carbocycles. The molecule has 1 heterocycles. The van der Waals surface area contributed by atoms with Crippen molar-refractivity contribution in [2.24, 2.45) is 0 Å². The lowest BCUT2D eigenvalue weighted by molar-refractivity contribution is -0.306. The SMILES string of the molecule is CC(=O)c1c(C)nn(CC(=O)[O-])c1C. The summed E-state index contributed by atoms with van der Waals surface area (Å²) in [5, 5.41) is 14.3. The molecule has 1 aromatic rings. The third-order valence-corrected chi connectivity index (χ3v) is 2.01. The largest absolute Gasteiger partial charge is 0.548 e. The first kappa shape index (κ1) is 10.4. The number of carbonyl (C=O) groups is 2. The summed E-state index contributed by atoms with van der Waals surface area (Å²) in [5.74, 6) is -1.32. The van der Waals surface area contributed by atoms with Crippen LogP contribution < -0.4 is 5.11 Å². The van der Waals surface area contributed by atoms with Crippen LogP contribution >= 0.6 is 0 Å². The molecule has 0 bridgehead atoms. The highest BCUT2D eigenvalue weighted by Crippen LogP contribution is 2.13. The number of carbonyl (C=O) groups excluding carboxylic acids is 2. The molecule has 0 fully saturated rings. The molecule has 0 spiro atoms. The molecule has 76 valence electrons. The maximum absolute atomic E-state index is 11.2. The number of carboxylic acid groups (broad SMARTS) is 1. The van der Waals surface area contributed by atoms with Gasteiger partial charge in [-0.1, -0.05) is 0 Å². The van der Waals surface area contributed by atoms with Crippen molar-refractivity contribution < 1.29 is 14.7 Å². The van der Waals surface area contributed by atoms with Gasteiger partial charge in [-0.25, -0.2) is 0 Å². The zero-order valence-corrected chi connectivity index (χ0v) is 8.33. The van der Waals surface area contributed by atoms with Crippen LogP contribution in [-0.2, 0) is 11.3 Å². The second kappa shape index (κ2) is 3.61. The fraction of sp³-hybridized carbons (Fsp3) is 0.444. The number of aromatic nitrogens is 2. The van der Waals surface area contributed by atoms with Crippen molar-refractivity contribution in [1.82, 2.24) is 9.78 Å². The number of rotatable bonds is 3. The highest BCUT2D eigenvalue weighted by atomic mass is 16.4. The number of ketones is 1. The van der Waals surface area contributed by atoms with Gasteiger partial charge >= 0.3 is 0 Å². The van der Waals surface area contributed by atoms with E-state index >= 15 is 0 Å². The highest BCUT2D eigenvalue weighted by molar-refractivity contribution is 5.96. The van der Waals surface area contributed by atoms with Crippen LogP contribution in [0.15, 0.2) is 0 Å². The standard InChI is InChI=1S/C9H12N2O3/c1-5-9(7(3)12)6(2)11(10-5)4-8(13)14/h4H2,1-3H3,(H,13,14)/p-1. The van der Waals surface area contributed by atoms with E-state index in [2.05, 4.69) is 5.10 Å². The Labute approximate surface area is 81.3 Å². The van der Waals surface area contributed by atoms with E-state index in [1.807, 2.05) is 0 Å². The Bertz CT molecular complexity index is 393. The summed E-state index contributed by atoms with van der Waals surface area (Å²) >= 11 is 0. The zero-order chi connectivity index (χ0) is 10.9. The van der Waals surface area contributed by atoms with Gasteiger partial charge in [-0.3, -0.25) is 9.48 Å². The van der Waals surface area contributed by atoms with Crippen LogP contribution in [0.5, 0.6) is 0 Å². The minimum Gasteiger partial charge on any atom is -0.548 e. The van der Waals surface area contributed by atoms with Crippen LogP contribution in [0, 0.1) is 13.8 Å². The Hall–Kier alpha value is -1.65. The molecule has 0 amide bonds. The maximum atomic E-state index is 11.2. The first-order valence-electron chi connectivity index (χ1n) is 4.18. The molecule has 0 radical (unpaired) electrons. The number of aryl methyl sites for hydroxylation is 1. The molecule has 0 atom stereocenters. The van der Waals surface area contributed by atoms with Crippen molar-refractivity contribution in [3.8, 4) is 0 Å². The van der Waals surface area contributed by atoms with E-state index in [0.717, 1.165) is 0 Å². The topological polar surface area (TPSA) is 75.0 Å². The first-order valence-corrected chi connectivity index (χ1v) is 4.18. The molecule has 0 N–H and O–H groups in total. The normalized spacial score (nSPS) is 10.2. The van der Waals surface area contributed by atoms with Gasteiger partial charge in [0.15, 0.2) is 5.78 Å². The summed E-state index contributed by atoms with van der Waals surface area (Å²) in [6, 6.07) is 0. The van der Waals surface area contributed by atoms with Gasteiger partial charge in [0.25, 0.3) is 0 Å². The fourth-order valence-corrected chi connectivity index (χ4v) is 1.48. The van der Waals surface area contributed by atoms with Crippen LogP contribution in [0.25, 0.3) is 0 Å². The first-order chi connectivity index (χ1) is 6.43. The molecule has 0 unspecified atom stereocenters. The summed E-state index contributed by atoms with van der Waals surface area (Å²) in [4.78, 5) is 21.5. The Balaban J connectivity index is 3.16. The maximum Gasteiger partial charge on any atom is 0.163 e. The van der Waals surface area contributed by atoms with E-state index in [-0.39, 0.29) is 12.3 Å². The van der Waals surface area contributed by atoms with Crippen molar-refractivity contribution in [2.75, 3.05) is 0 Å². The number of hydrogen-bond acceptors (Lipinski definition) is 4. The number of aliphatic carboxylic acids is 1. The number of nitrogens with zero attached hydrogens (tertiary/aromatic N) is 2. The van der Waals surface area contributed by atoms with Gasteiger partial charge in [0, 0.05) is 5.69 Å². The summed E-state index contributed by atoms with van der Waals surface area (Å²) in [5.41, 5.74) is 1.61. The minimum atomic E-state index is -1.22. The summed E-state index contributed by atoms with van der Waals surface area (Å²) in [6.07, 6.45) is 0. The van der Waals surface area contributed by atoms with Crippen molar-refractivity contribution in [3.05, 3.63) is 17.0 Å². The zero-order valence-electron chi connectivity index (χ0n) is 8.33. The van der Waals surface area contributed by atoms with Crippen LogP contribution in [0.2, 0.25) is 0 Å². The summed E-state index contributed by atoms with van der Waals surface area (Å²) < 4.78 is 1.27. The van der Waals surface area contributed by atoms with Gasteiger partial charge in [-0.15, -0.1) is 0 Å². The second-order valence-corrected chi connectivity index (χ2v) is 3.13. The molecule has 0 aliphatic rings. The number of Topliss-reactive ketones (excluding diaryl/α,β-unsaturated/α-hetero) is 1. The van der Waals surface area contributed by atoms with Crippen LogP contribution in [0.3, 0.4) is 0 Å². The van der Waals surface area contributed by atoms with Crippen LogP contribution in [0.4, 0.5) is 0 Å². The molecule has 0 aliphatic heterocycles. The molecule has 1 aromatic heterocycles. The molecule has 0 aromatic carbocycles. The molecule has 5 nitrogen and oxygen atoms in total. The monoisotopic (exact) mass is 195 g/mol. The van der Waals surface area contributed by atoms with Crippen molar-refractivity contribution in [1.29, 1.82) is 0 Å². The number of hydrogen-bond donors (Lipinski definition) is 0. The Kier molecular flexibility index (Phi) is 2.69. The number of carboxylic acids is 1. The Morgan fingerprint density at radius 1 is 1.43 bits per heavy atom. The van der Waals surface area contributed by atoms with E-state index in [0.29, 0.717) is 17.0 Å². The van der Waals surface area contributed by atoms with E-state index in [4.69, 9.17) is 0 Å². The van der Waals surface area contributed by atoms with E-state index in [1.165, 1.54) is 11.6 Å². The average molecular weight is 195 g/mol. The molecular weight excluding hydrogens is 184 g/mol. The molecule has 0 aliphatic carbocycles. The van der Waals surface area contributed by atoms with E-state index in [9.17, 15) is 14.7 Å². The predicted octanol–water partition coefficient (Wildman–Crippen LogP) is -0.548. The van der Waals surface area contributed by atoms with Crippen molar-refractivity contribution >= 4 is 11.8 Å². The molecular formula is C9H11N2O3-. The lowest BCUT2D eigenvalue weighted by Crippen LogP contribution is -2.28. The Morgan fingerprint density at radius 3 is 2.36 bits per heavy atom. The van der Waals surface area contributed by atoms with Crippen molar-refractivity contribution in [2.45, 2.75) is 27.3 Å². The van der Waals surface area contributed by atoms with Gasteiger partial charge in [0.1, 0.15) is 0 Å². The highest BCUT2D eigenvalue weighted by Gasteiger charge is 2.14. The second-order valence-electron chi connectivity index (χ2n) is 3.13. The minimum absolute atomic E-state index is 0.107. The van der Waals surface area contributed by atoms with Gasteiger partial charge < -0.3 is 9.90 Å². The van der Waals surface area contributed by atoms with Crippen molar-refractivity contribution in [3.63, 3.8) is 0 Å². The third kappa shape index (κ3) is 1.81. The quantitative estimate of drug-likeness (QED) is 0.606. The lowest BCUT2D eigenvalue weighted by Gasteiger charge is -2.04.